The van der Waals surface area contributed by atoms with Crippen LogP contribution in [0.15, 0.2) is 28.0 Å². The van der Waals surface area contributed by atoms with Crippen LogP contribution in [-0.4, -0.2) is 45.0 Å². The van der Waals surface area contributed by atoms with Crippen molar-refractivity contribution in [1.82, 2.24) is 20.1 Å². The Morgan fingerprint density at radius 2 is 2.00 bits per heavy atom. The van der Waals surface area contributed by atoms with E-state index in [1.54, 1.807) is 6.26 Å². The number of rotatable bonds is 7. The quantitative estimate of drug-likeness (QED) is 0.643. The number of carbonyl (C=O) groups excluding carboxylic acids is 2. The summed E-state index contributed by atoms with van der Waals surface area (Å²) in [5.74, 6) is 2.19. The van der Waals surface area contributed by atoms with Crippen LogP contribution < -0.4 is 16.0 Å². The number of amides is 3. The second-order valence-corrected chi connectivity index (χ2v) is 9.54. The van der Waals surface area contributed by atoms with Gasteiger partial charge >= 0.3 is 6.03 Å². The molecule has 0 spiro atoms. The molecule has 0 bridgehead atoms. The third-order valence-corrected chi connectivity index (χ3v) is 6.61. The Kier molecular flexibility index (Phi) is 7.06. The normalized spacial score (nSPS) is 20.4. The van der Waals surface area contributed by atoms with E-state index in [1.165, 1.54) is 18.2 Å². The maximum atomic E-state index is 12.5. The number of anilines is 1. The van der Waals surface area contributed by atoms with Crippen LogP contribution in [0.1, 0.15) is 39.9 Å². The summed E-state index contributed by atoms with van der Waals surface area (Å²) in [7, 11) is 0. The molecule has 3 N–H and O–H groups in total. The van der Waals surface area contributed by atoms with Gasteiger partial charge in [0, 0.05) is 13.1 Å². The molecular weight excluding hydrogens is 404 g/mol. The average molecular weight is 435 g/mol. The van der Waals surface area contributed by atoms with Crippen molar-refractivity contribution in [2.75, 3.05) is 18.0 Å². The SMILES string of the molecule is CC1CC(C)CN(c2nnc(SC(C(=O)NC(N)=O)C(C)C)n2Cc2ccco2)C1. The number of aromatic nitrogens is 3. The van der Waals surface area contributed by atoms with E-state index in [9.17, 15) is 9.59 Å². The van der Waals surface area contributed by atoms with Crippen LogP contribution in [0, 0.1) is 17.8 Å². The van der Waals surface area contributed by atoms with E-state index in [-0.39, 0.29) is 5.92 Å². The topological polar surface area (TPSA) is 119 Å². The highest BCUT2D eigenvalue weighted by atomic mass is 32.2. The third-order valence-electron chi connectivity index (χ3n) is 5.09. The first-order valence-corrected chi connectivity index (χ1v) is 11.1. The maximum Gasteiger partial charge on any atom is 0.318 e. The maximum absolute atomic E-state index is 12.5. The zero-order chi connectivity index (χ0) is 21.8. The molecule has 3 atom stereocenters. The average Bonchev–Trinajstić information content (AvgIpc) is 3.28. The van der Waals surface area contributed by atoms with Crippen molar-refractivity contribution in [3.63, 3.8) is 0 Å². The molecule has 2 aromatic rings. The minimum atomic E-state index is -0.861. The fraction of sp³-hybridized carbons (Fsp3) is 0.600. The van der Waals surface area contributed by atoms with Gasteiger partial charge in [0.15, 0.2) is 5.16 Å². The molecule has 0 radical (unpaired) electrons. The van der Waals surface area contributed by atoms with E-state index in [1.807, 2.05) is 30.5 Å². The molecule has 10 heteroatoms. The number of thioether (sulfide) groups is 1. The number of furan rings is 1. The van der Waals surface area contributed by atoms with Gasteiger partial charge in [-0.2, -0.15) is 0 Å². The van der Waals surface area contributed by atoms with E-state index < -0.39 is 17.2 Å². The van der Waals surface area contributed by atoms with Gasteiger partial charge in [0.2, 0.25) is 11.9 Å². The molecule has 0 saturated carbocycles. The number of hydrogen-bond donors (Lipinski definition) is 2. The molecule has 3 heterocycles. The van der Waals surface area contributed by atoms with Gasteiger partial charge in [-0.05, 0) is 36.3 Å². The Balaban J connectivity index is 1.92. The van der Waals surface area contributed by atoms with Gasteiger partial charge in [0.05, 0.1) is 18.1 Å². The van der Waals surface area contributed by atoms with E-state index in [0.29, 0.717) is 23.5 Å². The molecule has 1 aliphatic heterocycles. The molecule has 1 aliphatic rings. The number of primary amides is 1. The van der Waals surface area contributed by atoms with Gasteiger partial charge < -0.3 is 15.1 Å². The minimum absolute atomic E-state index is 0.0402. The second kappa shape index (κ2) is 9.55. The molecule has 164 valence electrons. The lowest BCUT2D eigenvalue weighted by Gasteiger charge is -2.35. The molecule has 1 saturated heterocycles. The summed E-state index contributed by atoms with van der Waals surface area (Å²) in [6.07, 6.45) is 2.82. The van der Waals surface area contributed by atoms with E-state index in [4.69, 9.17) is 10.2 Å². The lowest BCUT2D eigenvalue weighted by Crippen LogP contribution is -2.42. The highest BCUT2D eigenvalue weighted by Gasteiger charge is 2.31. The number of urea groups is 1. The fourth-order valence-corrected chi connectivity index (χ4v) is 4.95. The Bertz CT molecular complexity index is 856. The number of nitrogens with one attached hydrogen (secondary N) is 1. The zero-order valence-electron chi connectivity index (χ0n) is 17.9. The Morgan fingerprint density at radius 1 is 1.30 bits per heavy atom. The van der Waals surface area contributed by atoms with Gasteiger partial charge in [0.1, 0.15) is 5.76 Å². The van der Waals surface area contributed by atoms with Crippen LogP contribution in [0.4, 0.5) is 10.7 Å². The summed E-state index contributed by atoms with van der Waals surface area (Å²) >= 11 is 1.28. The van der Waals surface area contributed by atoms with Gasteiger partial charge in [0.25, 0.3) is 0 Å². The molecule has 0 aromatic carbocycles. The van der Waals surface area contributed by atoms with Crippen LogP contribution in [0.25, 0.3) is 0 Å². The fourth-order valence-electron chi connectivity index (χ4n) is 3.92. The summed E-state index contributed by atoms with van der Waals surface area (Å²) in [5.41, 5.74) is 5.14. The molecular formula is C20H30N6O3S. The Morgan fingerprint density at radius 3 is 2.57 bits per heavy atom. The first-order chi connectivity index (χ1) is 14.2. The van der Waals surface area contributed by atoms with Crippen LogP contribution >= 0.6 is 11.8 Å². The molecule has 2 aromatic heterocycles. The molecule has 0 aliphatic carbocycles. The molecule has 3 rings (SSSR count). The van der Waals surface area contributed by atoms with Crippen molar-refractivity contribution in [1.29, 1.82) is 0 Å². The highest BCUT2D eigenvalue weighted by molar-refractivity contribution is 8.00. The predicted octanol–water partition coefficient (Wildman–Crippen LogP) is 2.71. The monoisotopic (exact) mass is 434 g/mol. The van der Waals surface area contributed by atoms with Crippen molar-refractivity contribution in [2.45, 2.75) is 51.1 Å². The highest BCUT2D eigenvalue weighted by Crippen LogP contribution is 2.32. The van der Waals surface area contributed by atoms with Gasteiger partial charge in [-0.15, -0.1) is 10.2 Å². The molecule has 9 nitrogen and oxygen atoms in total. The molecule has 3 amide bonds. The summed E-state index contributed by atoms with van der Waals surface area (Å²) in [5, 5.41) is 11.1. The summed E-state index contributed by atoms with van der Waals surface area (Å²) in [6.45, 7) is 10.6. The molecule has 3 unspecified atom stereocenters. The number of hydrogen-bond acceptors (Lipinski definition) is 7. The second-order valence-electron chi connectivity index (χ2n) is 8.44. The van der Waals surface area contributed by atoms with Crippen molar-refractivity contribution in [3.8, 4) is 0 Å². The number of carbonyl (C=O) groups is 2. The standard InChI is InChI=1S/C20H30N6O3S/c1-12(2)16(17(27)22-18(21)28)30-20-24-23-19(25-9-13(3)8-14(4)10-25)26(20)11-15-6-5-7-29-15/h5-7,12-14,16H,8-11H2,1-4H3,(H3,21,22,27,28). The molecule has 30 heavy (non-hydrogen) atoms. The van der Waals surface area contributed by atoms with Crippen LogP contribution in [0.3, 0.4) is 0 Å². The van der Waals surface area contributed by atoms with Crippen LogP contribution in [-0.2, 0) is 11.3 Å². The third kappa shape index (κ3) is 5.35. The van der Waals surface area contributed by atoms with Crippen molar-refractivity contribution < 1.29 is 14.0 Å². The number of nitrogens with two attached hydrogens (primary N) is 1. The van der Waals surface area contributed by atoms with E-state index in [0.717, 1.165) is 24.8 Å². The van der Waals surface area contributed by atoms with Gasteiger partial charge in [-0.3, -0.25) is 14.7 Å². The lowest BCUT2D eigenvalue weighted by molar-refractivity contribution is -0.120. The van der Waals surface area contributed by atoms with Crippen molar-refractivity contribution >= 4 is 29.6 Å². The van der Waals surface area contributed by atoms with E-state index >= 15 is 0 Å². The number of imide groups is 1. The first-order valence-electron chi connectivity index (χ1n) is 10.2. The molecule has 1 fully saturated rings. The summed E-state index contributed by atoms with van der Waals surface area (Å²) in [4.78, 5) is 25.9. The minimum Gasteiger partial charge on any atom is -0.467 e. The van der Waals surface area contributed by atoms with Crippen LogP contribution in [0.5, 0.6) is 0 Å². The number of piperidine rings is 1. The lowest BCUT2D eigenvalue weighted by atomic mass is 9.92. The smallest absolute Gasteiger partial charge is 0.318 e. The predicted molar refractivity (Wildman–Crippen MR) is 115 cm³/mol. The van der Waals surface area contributed by atoms with E-state index in [2.05, 4.69) is 34.3 Å². The Hall–Kier alpha value is -2.49. The number of nitrogens with zero attached hydrogens (tertiary/aromatic N) is 4. The largest absolute Gasteiger partial charge is 0.467 e. The van der Waals surface area contributed by atoms with Crippen molar-refractivity contribution in [2.24, 2.45) is 23.5 Å². The summed E-state index contributed by atoms with van der Waals surface area (Å²) in [6, 6.07) is 2.88. The summed E-state index contributed by atoms with van der Waals surface area (Å²) < 4.78 is 7.54. The van der Waals surface area contributed by atoms with Gasteiger partial charge in [-0.25, -0.2) is 4.79 Å². The Labute approximate surface area is 180 Å². The zero-order valence-corrected chi connectivity index (χ0v) is 18.7. The van der Waals surface area contributed by atoms with Gasteiger partial charge in [-0.1, -0.05) is 39.5 Å². The van der Waals surface area contributed by atoms with Crippen LogP contribution in [0.2, 0.25) is 0 Å². The first kappa shape index (κ1) is 22.2. The van der Waals surface area contributed by atoms with Crippen molar-refractivity contribution in [3.05, 3.63) is 24.2 Å².